The van der Waals surface area contributed by atoms with Crippen molar-refractivity contribution in [3.05, 3.63) is 0 Å². The van der Waals surface area contributed by atoms with Crippen molar-refractivity contribution in [2.24, 2.45) is 5.73 Å². The van der Waals surface area contributed by atoms with Crippen LogP contribution in [0.25, 0.3) is 0 Å². The first-order chi connectivity index (χ1) is 6.62. The van der Waals surface area contributed by atoms with Gasteiger partial charge in [-0.05, 0) is 39.0 Å². The summed E-state index contributed by atoms with van der Waals surface area (Å²) in [5, 5.41) is 3.46. The summed E-state index contributed by atoms with van der Waals surface area (Å²) in [6.07, 6.45) is 6.03. The topological polar surface area (TPSA) is 47.3 Å². The van der Waals surface area contributed by atoms with E-state index in [0.717, 1.165) is 19.7 Å². The van der Waals surface area contributed by atoms with Gasteiger partial charge in [0.15, 0.2) is 0 Å². The molecule has 1 unspecified atom stereocenters. The Kier molecular flexibility index (Phi) is 2.82. The zero-order valence-corrected chi connectivity index (χ0v) is 9.14. The van der Waals surface area contributed by atoms with Gasteiger partial charge in [0, 0.05) is 25.2 Å². The molecular formula is C11H22N2O. The van der Waals surface area contributed by atoms with E-state index in [9.17, 15) is 0 Å². The van der Waals surface area contributed by atoms with Gasteiger partial charge in [0.1, 0.15) is 0 Å². The van der Waals surface area contributed by atoms with Crippen molar-refractivity contribution in [3.63, 3.8) is 0 Å². The van der Waals surface area contributed by atoms with Crippen LogP contribution in [0.1, 0.15) is 39.0 Å². The van der Waals surface area contributed by atoms with Gasteiger partial charge in [-0.3, -0.25) is 0 Å². The zero-order valence-electron chi connectivity index (χ0n) is 9.14. The van der Waals surface area contributed by atoms with Crippen LogP contribution in [0.2, 0.25) is 0 Å². The molecule has 1 atom stereocenters. The van der Waals surface area contributed by atoms with E-state index in [4.69, 9.17) is 10.5 Å². The summed E-state index contributed by atoms with van der Waals surface area (Å²) in [6, 6.07) is 0. The number of ether oxygens (including phenoxy) is 1. The summed E-state index contributed by atoms with van der Waals surface area (Å²) in [4.78, 5) is 0. The van der Waals surface area contributed by atoms with Gasteiger partial charge in [0.05, 0.1) is 5.60 Å². The maximum absolute atomic E-state index is 6.13. The standard InChI is InChI=1S/C11H22N2O/c1-10(4-3-7-14-10)8-13-9-11(12)5-2-6-11/h13H,2-9,12H2,1H3. The molecule has 0 aromatic carbocycles. The third-order valence-corrected chi connectivity index (χ3v) is 3.63. The molecule has 3 nitrogen and oxygen atoms in total. The zero-order chi connectivity index (χ0) is 10.1. The lowest BCUT2D eigenvalue weighted by Gasteiger charge is -2.39. The predicted octanol–water partition coefficient (Wildman–Crippen LogP) is 1.03. The highest BCUT2D eigenvalue weighted by Crippen LogP contribution is 2.29. The second-order valence-corrected chi connectivity index (χ2v) is 5.22. The summed E-state index contributed by atoms with van der Waals surface area (Å²) in [7, 11) is 0. The maximum Gasteiger partial charge on any atom is 0.0779 e. The SMILES string of the molecule is CC1(CNCC2(N)CCC2)CCCO1. The van der Waals surface area contributed by atoms with Gasteiger partial charge in [0.25, 0.3) is 0 Å². The van der Waals surface area contributed by atoms with Crippen LogP contribution in [0, 0.1) is 0 Å². The molecule has 3 N–H and O–H groups in total. The Morgan fingerprint density at radius 2 is 2.00 bits per heavy atom. The van der Waals surface area contributed by atoms with Gasteiger partial charge >= 0.3 is 0 Å². The van der Waals surface area contributed by atoms with Crippen LogP contribution in [0.5, 0.6) is 0 Å². The largest absolute Gasteiger partial charge is 0.374 e. The summed E-state index contributed by atoms with van der Waals surface area (Å²) >= 11 is 0. The lowest BCUT2D eigenvalue weighted by Crippen LogP contribution is -2.55. The third kappa shape index (κ3) is 2.27. The highest BCUT2D eigenvalue weighted by molar-refractivity contribution is 4.95. The first-order valence-corrected chi connectivity index (χ1v) is 5.76. The fraction of sp³-hybridized carbons (Fsp3) is 1.00. The van der Waals surface area contributed by atoms with Crippen molar-refractivity contribution in [3.8, 4) is 0 Å². The summed E-state index contributed by atoms with van der Waals surface area (Å²) in [5.74, 6) is 0. The Balaban J connectivity index is 1.67. The van der Waals surface area contributed by atoms with Gasteiger partial charge in [-0.25, -0.2) is 0 Å². The minimum absolute atomic E-state index is 0.0696. The Morgan fingerprint density at radius 3 is 2.50 bits per heavy atom. The van der Waals surface area contributed by atoms with E-state index in [1.807, 2.05) is 0 Å². The molecular weight excluding hydrogens is 176 g/mol. The molecule has 1 saturated heterocycles. The molecule has 0 amide bonds. The van der Waals surface area contributed by atoms with Crippen molar-refractivity contribution in [1.82, 2.24) is 5.32 Å². The average Bonchev–Trinajstić information content (AvgIpc) is 2.50. The molecule has 82 valence electrons. The molecule has 1 aliphatic carbocycles. The smallest absolute Gasteiger partial charge is 0.0779 e. The molecule has 1 heterocycles. The Hall–Kier alpha value is -0.120. The fourth-order valence-corrected chi connectivity index (χ4v) is 2.36. The van der Waals surface area contributed by atoms with E-state index in [1.165, 1.54) is 32.1 Å². The normalized spacial score (nSPS) is 35.6. The molecule has 2 aliphatic rings. The van der Waals surface area contributed by atoms with Crippen molar-refractivity contribution < 1.29 is 4.74 Å². The van der Waals surface area contributed by atoms with Crippen molar-refractivity contribution in [2.75, 3.05) is 19.7 Å². The molecule has 2 rings (SSSR count). The molecule has 3 heteroatoms. The Morgan fingerprint density at radius 1 is 1.21 bits per heavy atom. The van der Waals surface area contributed by atoms with Gasteiger partial charge in [-0.15, -0.1) is 0 Å². The predicted molar refractivity (Wildman–Crippen MR) is 57.2 cm³/mol. The van der Waals surface area contributed by atoms with Crippen LogP contribution in [0.15, 0.2) is 0 Å². The molecule has 0 aromatic heterocycles. The van der Waals surface area contributed by atoms with Gasteiger partial charge in [-0.2, -0.15) is 0 Å². The van der Waals surface area contributed by atoms with E-state index >= 15 is 0 Å². The van der Waals surface area contributed by atoms with E-state index in [1.54, 1.807) is 0 Å². The minimum Gasteiger partial charge on any atom is -0.374 e. The van der Waals surface area contributed by atoms with Crippen LogP contribution < -0.4 is 11.1 Å². The highest BCUT2D eigenvalue weighted by Gasteiger charge is 2.34. The van der Waals surface area contributed by atoms with Crippen LogP contribution in [-0.2, 0) is 4.74 Å². The molecule has 1 saturated carbocycles. The number of rotatable bonds is 4. The minimum atomic E-state index is 0.0696. The molecule has 0 radical (unpaired) electrons. The molecule has 14 heavy (non-hydrogen) atoms. The summed E-state index contributed by atoms with van der Waals surface area (Å²) < 4.78 is 5.70. The van der Waals surface area contributed by atoms with Crippen molar-refractivity contribution >= 4 is 0 Å². The molecule has 0 bridgehead atoms. The monoisotopic (exact) mass is 198 g/mol. The Labute approximate surface area is 86.4 Å². The summed E-state index contributed by atoms with van der Waals surface area (Å²) in [5.41, 5.74) is 6.29. The van der Waals surface area contributed by atoms with Crippen LogP contribution >= 0.6 is 0 Å². The van der Waals surface area contributed by atoms with Crippen molar-refractivity contribution in [2.45, 2.75) is 50.2 Å². The van der Waals surface area contributed by atoms with Gasteiger partial charge in [-0.1, -0.05) is 0 Å². The first-order valence-electron chi connectivity index (χ1n) is 5.76. The lowest BCUT2D eigenvalue weighted by molar-refractivity contribution is 0.0190. The van der Waals surface area contributed by atoms with E-state index in [0.29, 0.717) is 0 Å². The Bertz CT molecular complexity index is 195. The second kappa shape index (κ2) is 3.80. The van der Waals surface area contributed by atoms with Gasteiger partial charge in [0.2, 0.25) is 0 Å². The summed E-state index contributed by atoms with van der Waals surface area (Å²) in [6.45, 7) is 5.01. The van der Waals surface area contributed by atoms with Crippen LogP contribution in [-0.4, -0.2) is 30.8 Å². The van der Waals surface area contributed by atoms with Crippen LogP contribution in [0.4, 0.5) is 0 Å². The molecule has 2 fully saturated rings. The molecule has 0 aromatic rings. The first kappa shape index (κ1) is 10.4. The number of nitrogens with one attached hydrogen (secondary N) is 1. The fourth-order valence-electron chi connectivity index (χ4n) is 2.36. The van der Waals surface area contributed by atoms with Gasteiger partial charge < -0.3 is 15.8 Å². The average molecular weight is 198 g/mol. The second-order valence-electron chi connectivity index (χ2n) is 5.22. The van der Waals surface area contributed by atoms with E-state index in [-0.39, 0.29) is 11.1 Å². The van der Waals surface area contributed by atoms with Crippen molar-refractivity contribution in [1.29, 1.82) is 0 Å². The van der Waals surface area contributed by atoms with E-state index < -0.39 is 0 Å². The number of hydrogen-bond acceptors (Lipinski definition) is 3. The number of hydrogen-bond donors (Lipinski definition) is 2. The molecule has 0 spiro atoms. The van der Waals surface area contributed by atoms with E-state index in [2.05, 4.69) is 12.2 Å². The maximum atomic E-state index is 6.13. The lowest BCUT2D eigenvalue weighted by atomic mass is 9.77. The van der Waals surface area contributed by atoms with Crippen LogP contribution in [0.3, 0.4) is 0 Å². The number of nitrogens with two attached hydrogens (primary N) is 1. The third-order valence-electron chi connectivity index (χ3n) is 3.63. The highest BCUT2D eigenvalue weighted by atomic mass is 16.5. The molecule has 1 aliphatic heterocycles. The quantitative estimate of drug-likeness (QED) is 0.709.